The smallest absolute Gasteiger partial charge is 0.410 e. The molecule has 0 aliphatic heterocycles. The Morgan fingerprint density at radius 3 is 2.42 bits per heavy atom. The Hall–Kier alpha value is -2.80. The van der Waals surface area contributed by atoms with Gasteiger partial charge in [0.2, 0.25) is 0 Å². The minimum atomic E-state index is -0.542. The summed E-state index contributed by atoms with van der Waals surface area (Å²) in [5.74, 6) is 0.487. The number of rotatable bonds is 3. The highest BCUT2D eigenvalue weighted by atomic mass is 16.6. The molecule has 4 nitrogen and oxygen atoms in total. The molecule has 0 saturated heterocycles. The zero-order valence-electron chi connectivity index (χ0n) is 10.2. The molecule has 0 unspecified atom stereocenters. The lowest BCUT2D eigenvalue weighted by Gasteiger charge is -2.06. The van der Waals surface area contributed by atoms with E-state index in [9.17, 15) is 4.79 Å². The van der Waals surface area contributed by atoms with Crippen molar-refractivity contribution in [2.24, 2.45) is 0 Å². The summed E-state index contributed by atoms with van der Waals surface area (Å²) < 4.78 is 5.09. The molecule has 0 fully saturated rings. The summed E-state index contributed by atoms with van der Waals surface area (Å²) in [7, 11) is 0. The number of amides is 1. The van der Waals surface area contributed by atoms with E-state index >= 15 is 0 Å². The Kier molecular flexibility index (Phi) is 4.14. The SMILES string of the molecule is N#CCc1ccc(NC(=O)Oc2ccccc2)cc1. The number of carbonyl (C=O) groups is 1. The van der Waals surface area contributed by atoms with Crippen molar-refractivity contribution in [3.63, 3.8) is 0 Å². The molecule has 0 heterocycles. The minimum Gasteiger partial charge on any atom is -0.410 e. The number of benzene rings is 2. The molecule has 0 atom stereocenters. The van der Waals surface area contributed by atoms with Gasteiger partial charge in [0.15, 0.2) is 0 Å². The molecule has 0 bridgehead atoms. The number of carbonyl (C=O) groups excluding carboxylic acids is 1. The average Bonchev–Trinajstić information content (AvgIpc) is 2.42. The second-order valence-corrected chi connectivity index (χ2v) is 3.86. The van der Waals surface area contributed by atoms with Crippen molar-refractivity contribution in [1.82, 2.24) is 0 Å². The van der Waals surface area contributed by atoms with E-state index < -0.39 is 6.09 Å². The second kappa shape index (κ2) is 6.22. The maximum Gasteiger partial charge on any atom is 0.417 e. The Balaban J connectivity index is 1.94. The van der Waals surface area contributed by atoms with Crippen LogP contribution in [-0.2, 0) is 6.42 Å². The largest absolute Gasteiger partial charge is 0.417 e. The Bertz CT molecular complexity index is 586. The van der Waals surface area contributed by atoms with Gasteiger partial charge in [0, 0.05) is 5.69 Å². The average molecular weight is 252 g/mol. The van der Waals surface area contributed by atoms with Gasteiger partial charge in [-0.2, -0.15) is 5.26 Å². The molecular weight excluding hydrogens is 240 g/mol. The lowest BCUT2D eigenvalue weighted by atomic mass is 10.1. The van der Waals surface area contributed by atoms with Crippen LogP contribution >= 0.6 is 0 Å². The predicted molar refractivity (Wildman–Crippen MR) is 71.8 cm³/mol. The van der Waals surface area contributed by atoms with Gasteiger partial charge in [-0.15, -0.1) is 0 Å². The molecule has 0 spiro atoms. The number of hydrogen-bond donors (Lipinski definition) is 1. The maximum absolute atomic E-state index is 11.6. The Morgan fingerprint density at radius 1 is 1.11 bits per heavy atom. The molecule has 0 aliphatic carbocycles. The predicted octanol–water partition coefficient (Wildman–Crippen LogP) is 3.36. The van der Waals surface area contributed by atoms with Gasteiger partial charge in [-0.1, -0.05) is 30.3 Å². The highest BCUT2D eigenvalue weighted by Gasteiger charge is 2.04. The maximum atomic E-state index is 11.6. The Labute approximate surface area is 111 Å². The minimum absolute atomic E-state index is 0.356. The van der Waals surface area contributed by atoms with E-state index in [4.69, 9.17) is 10.00 Å². The summed E-state index contributed by atoms with van der Waals surface area (Å²) >= 11 is 0. The molecule has 2 aromatic carbocycles. The summed E-state index contributed by atoms with van der Waals surface area (Å²) in [6.45, 7) is 0. The number of nitriles is 1. The van der Waals surface area contributed by atoms with Gasteiger partial charge in [0.1, 0.15) is 5.75 Å². The molecule has 94 valence electrons. The summed E-state index contributed by atoms with van der Waals surface area (Å²) in [5, 5.41) is 11.2. The van der Waals surface area contributed by atoms with E-state index in [1.165, 1.54) is 0 Å². The van der Waals surface area contributed by atoms with Gasteiger partial charge in [-0.25, -0.2) is 4.79 Å². The van der Waals surface area contributed by atoms with Crippen molar-refractivity contribution in [1.29, 1.82) is 5.26 Å². The van der Waals surface area contributed by atoms with Crippen molar-refractivity contribution >= 4 is 11.8 Å². The molecule has 0 aliphatic rings. The summed E-state index contributed by atoms with van der Waals surface area (Å²) in [6.07, 6.45) is -0.186. The highest BCUT2D eigenvalue weighted by molar-refractivity contribution is 5.86. The molecule has 2 rings (SSSR count). The fraction of sp³-hybridized carbons (Fsp3) is 0.0667. The third-order valence-corrected chi connectivity index (χ3v) is 2.44. The summed E-state index contributed by atoms with van der Waals surface area (Å²) in [6, 6.07) is 18.0. The Morgan fingerprint density at radius 2 is 1.79 bits per heavy atom. The number of ether oxygens (including phenoxy) is 1. The van der Waals surface area contributed by atoms with Crippen LogP contribution in [0.1, 0.15) is 5.56 Å². The van der Waals surface area contributed by atoms with Gasteiger partial charge in [0.25, 0.3) is 0 Å². The molecule has 4 heteroatoms. The van der Waals surface area contributed by atoms with Crippen LogP contribution < -0.4 is 10.1 Å². The number of hydrogen-bond acceptors (Lipinski definition) is 3. The van der Waals surface area contributed by atoms with Crippen LogP contribution in [0.25, 0.3) is 0 Å². The van der Waals surface area contributed by atoms with Crippen LogP contribution in [0.15, 0.2) is 54.6 Å². The normalized spacial score (nSPS) is 9.42. The molecule has 0 aromatic heterocycles. The van der Waals surface area contributed by atoms with E-state index in [-0.39, 0.29) is 0 Å². The van der Waals surface area contributed by atoms with Crippen LogP contribution in [0.5, 0.6) is 5.75 Å². The van der Waals surface area contributed by atoms with Crippen LogP contribution in [-0.4, -0.2) is 6.09 Å². The topological polar surface area (TPSA) is 62.1 Å². The van der Waals surface area contributed by atoms with E-state index in [0.717, 1.165) is 5.56 Å². The van der Waals surface area contributed by atoms with Crippen molar-refractivity contribution in [3.05, 3.63) is 60.2 Å². The molecule has 0 radical (unpaired) electrons. The lowest BCUT2D eigenvalue weighted by Crippen LogP contribution is -2.16. The fourth-order valence-corrected chi connectivity index (χ4v) is 1.54. The molecule has 1 N–H and O–H groups in total. The monoisotopic (exact) mass is 252 g/mol. The zero-order valence-corrected chi connectivity index (χ0v) is 10.2. The quantitative estimate of drug-likeness (QED) is 0.911. The molecule has 1 amide bonds. The number of nitrogens with one attached hydrogen (secondary N) is 1. The van der Waals surface area contributed by atoms with Crippen LogP contribution in [0.3, 0.4) is 0 Å². The van der Waals surface area contributed by atoms with Gasteiger partial charge in [0.05, 0.1) is 12.5 Å². The van der Waals surface area contributed by atoms with Crippen LogP contribution in [0.4, 0.5) is 10.5 Å². The van der Waals surface area contributed by atoms with E-state index in [0.29, 0.717) is 17.9 Å². The van der Waals surface area contributed by atoms with E-state index in [1.54, 1.807) is 48.5 Å². The zero-order chi connectivity index (χ0) is 13.5. The molecule has 19 heavy (non-hydrogen) atoms. The van der Waals surface area contributed by atoms with Crippen molar-refractivity contribution in [2.45, 2.75) is 6.42 Å². The first kappa shape index (κ1) is 12.7. The second-order valence-electron chi connectivity index (χ2n) is 3.86. The first-order valence-electron chi connectivity index (χ1n) is 5.78. The van der Waals surface area contributed by atoms with Gasteiger partial charge in [-0.3, -0.25) is 5.32 Å². The van der Waals surface area contributed by atoms with E-state index in [2.05, 4.69) is 11.4 Å². The first-order chi connectivity index (χ1) is 9.28. The fourth-order valence-electron chi connectivity index (χ4n) is 1.54. The summed E-state index contributed by atoms with van der Waals surface area (Å²) in [4.78, 5) is 11.6. The highest BCUT2D eigenvalue weighted by Crippen LogP contribution is 2.12. The van der Waals surface area contributed by atoms with Gasteiger partial charge >= 0.3 is 6.09 Å². The summed E-state index contributed by atoms with van der Waals surface area (Å²) in [5.41, 5.74) is 1.53. The third-order valence-electron chi connectivity index (χ3n) is 2.44. The van der Waals surface area contributed by atoms with Crippen molar-refractivity contribution in [3.8, 4) is 11.8 Å². The molecular formula is C15H12N2O2. The van der Waals surface area contributed by atoms with Crippen molar-refractivity contribution < 1.29 is 9.53 Å². The van der Waals surface area contributed by atoms with Crippen molar-refractivity contribution in [2.75, 3.05) is 5.32 Å². The number of para-hydroxylation sites is 1. The van der Waals surface area contributed by atoms with E-state index in [1.807, 2.05) is 6.07 Å². The molecule has 2 aromatic rings. The third kappa shape index (κ3) is 3.86. The first-order valence-corrected chi connectivity index (χ1v) is 5.78. The number of nitrogens with zero attached hydrogens (tertiary/aromatic N) is 1. The molecule has 0 saturated carbocycles. The van der Waals surface area contributed by atoms with Crippen LogP contribution in [0.2, 0.25) is 0 Å². The van der Waals surface area contributed by atoms with Gasteiger partial charge in [-0.05, 0) is 29.8 Å². The van der Waals surface area contributed by atoms with Gasteiger partial charge < -0.3 is 4.74 Å². The number of anilines is 1. The van der Waals surface area contributed by atoms with Crippen LogP contribution in [0, 0.1) is 11.3 Å². The lowest BCUT2D eigenvalue weighted by molar-refractivity contribution is 0.215. The standard InChI is InChI=1S/C15H12N2O2/c16-11-10-12-6-8-13(9-7-12)17-15(18)19-14-4-2-1-3-5-14/h1-9H,10H2,(H,17,18).